The highest BCUT2D eigenvalue weighted by atomic mass is 32.1. The molecule has 4 aromatic rings. The highest BCUT2D eigenvalue weighted by Crippen LogP contribution is 2.33. The van der Waals surface area contributed by atoms with Crippen LogP contribution < -0.4 is 4.74 Å². The summed E-state index contributed by atoms with van der Waals surface area (Å²) in [6.07, 6.45) is 0.794. The Morgan fingerprint density at radius 2 is 1.92 bits per heavy atom. The second-order valence-electron chi connectivity index (χ2n) is 5.77. The van der Waals surface area contributed by atoms with E-state index in [0.717, 1.165) is 46.0 Å². The van der Waals surface area contributed by atoms with Crippen LogP contribution in [0.15, 0.2) is 60.0 Å². The van der Waals surface area contributed by atoms with E-state index in [-0.39, 0.29) is 5.82 Å². The number of aryl methyl sites for hydroxylation is 2. The van der Waals surface area contributed by atoms with Gasteiger partial charge in [-0.1, -0.05) is 24.3 Å². The van der Waals surface area contributed by atoms with Gasteiger partial charge in [0.2, 0.25) is 0 Å². The van der Waals surface area contributed by atoms with Gasteiger partial charge in [-0.2, -0.15) is 0 Å². The molecule has 4 rings (SSSR count). The first kappa shape index (κ1) is 15.8. The first-order valence-corrected chi connectivity index (χ1v) is 8.96. The standard InChI is InChI=1S/C20H17FN2OS/c1-24-17-5-2-4-16-19(17)23(20(22-16)18-6-3-13-25-18)12-11-14-7-9-15(21)10-8-14/h2-10,13H,11-12H2,1H3. The second-order valence-corrected chi connectivity index (χ2v) is 6.72. The van der Waals surface area contributed by atoms with E-state index in [1.54, 1.807) is 18.4 Å². The molecule has 0 spiro atoms. The van der Waals surface area contributed by atoms with E-state index in [1.165, 1.54) is 12.1 Å². The Hall–Kier alpha value is -2.66. The fraction of sp³-hybridized carbons (Fsp3) is 0.150. The lowest BCUT2D eigenvalue weighted by Crippen LogP contribution is -2.04. The second kappa shape index (κ2) is 6.69. The molecule has 0 fully saturated rings. The fourth-order valence-corrected chi connectivity index (χ4v) is 3.74. The molecule has 0 saturated carbocycles. The van der Waals surface area contributed by atoms with Crippen LogP contribution in [0.25, 0.3) is 21.7 Å². The van der Waals surface area contributed by atoms with Crippen molar-refractivity contribution in [1.29, 1.82) is 0 Å². The number of fused-ring (bicyclic) bond motifs is 1. The maximum Gasteiger partial charge on any atom is 0.151 e. The van der Waals surface area contributed by atoms with Crippen LogP contribution in [0.5, 0.6) is 5.75 Å². The number of para-hydroxylation sites is 1. The maximum absolute atomic E-state index is 13.1. The SMILES string of the molecule is COc1cccc2nc(-c3cccs3)n(CCc3ccc(F)cc3)c12. The molecule has 2 aromatic heterocycles. The van der Waals surface area contributed by atoms with Crippen LogP contribution in [0.2, 0.25) is 0 Å². The molecular weight excluding hydrogens is 335 g/mol. The summed E-state index contributed by atoms with van der Waals surface area (Å²) in [6, 6.07) is 16.7. The molecule has 25 heavy (non-hydrogen) atoms. The van der Waals surface area contributed by atoms with Crippen molar-refractivity contribution >= 4 is 22.4 Å². The van der Waals surface area contributed by atoms with Gasteiger partial charge in [0.05, 0.1) is 17.5 Å². The van der Waals surface area contributed by atoms with Crippen molar-refractivity contribution in [3.63, 3.8) is 0 Å². The minimum atomic E-state index is -0.210. The molecule has 0 bridgehead atoms. The molecule has 0 aliphatic rings. The average Bonchev–Trinajstić information content (AvgIpc) is 3.28. The molecule has 0 radical (unpaired) electrons. The first-order chi connectivity index (χ1) is 12.3. The van der Waals surface area contributed by atoms with Gasteiger partial charge in [0, 0.05) is 6.54 Å². The fourth-order valence-electron chi connectivity index (χ4n) is 3.02. The average molecular weight is 352 g/mol. The summed E-state index contributed by atoms with van der Waals surface area (Å²) in [5.41, 5.74) is 3.01. The molecule has 0 saturated heterocycles. The number of aromatic nitrogens is 2. The Kier molecular flexibility index (Phi) is 4.24. The van der Waals surface area contributed by atoms with Crippen LogP contribution in [0.1, 0.15) is 5.56 Å². The van der Waals surface area contributed by atoms with Crippen molar-refractivity contribution in [1.82, 2.24) is 9.55 Å². The van der Waals surface area contributed by atoms with Crippen molar-refractivity contribution in [3.05, 3.63) is 71.4 Å². The van der Waals surface area contributed by atoms with Gasteiger partial charge in [-0.3, -0.25) is 0 Å². The summed E-state index contributed by atoms with van der Waals surface area (Å²) in [4.78, 5) is 5.95. The number of hydrogen-bond donors (Lipinski definition) is 0. The number of rotatable bonds is 5. The van der Waals surface area contributed by atoms with Crippen molar-refractivity contribution in [2.24, 2.45) is 0 Å². The van der Waals surface area contributed by atoms with Crippen molar-refractivity contribution in [3.8, 4) is 16.5 Å². The first-order valence-electron chi connectivity index (χ1n) is 8.08. The van der Waals surface area contributed by atoms with Gasteiger partial charge in [0.15, 0.2) is 5.82 Å². The molecule has 3 nitrogen and oxygen atoms in total. The molecule has 5 heteroatoms. The normalized spacial score (nSPS) is 11.1. The lowest BCUT2D eigenvalue weighted by Gasteiger charge is -2.11. The van der Waals surface area contributed by atoms with Crippen LogP contribution in [0.3, 0.4) is 0 Å². The molecule has 126 valence electrons. The number of methoxy groups -OCH3 is 1. The Morgan fingerprint density at radius 3 is 2.64 bits per heavy atom. The van der Waals surface area contributed by atoms with Gasteiger partial charge in [-0.25, -0.2) is 9.37 Å². The van der Waals surface area contributed by atoms with Gasteiger partial charge >= 0.3 is 0 Å². The molecule has 0 amide bonds. The quantitative estimate of drug-likeness (QED) is 0.496. The number of thiophene rings is 1. The number of halogens is 1. The van der Waals surface area contributed by atoms with E-state index in [4.69, 9.17) is 9.72 Å². The van der Waals surface area contributed by atoms with Gasteiger partial charge < -0.3 is 9.30 Å². The van der Waals surface area contributed by atoms with Gasteiger partial charge in [0.1, 0.15) is 17.1 Å². The third kappa shape index (κ3) is 3.03. The van der Waals surface area contributed by atoms with Gasteiger partial charge in [0.25, 0.3) is 0 Å². The summed E-state index contributed by atoms with van der Waals surface area (Å²) >= 11 is 1.67. The van der Waals surface area contributed by atoms with Crippen molar-refractivity contribution in [2.75, 3.05) is 7.11 Å². The van der Waals surface area contributed by atoms with Crippen molar-refractivity contribution < 1.29 is 9.13 Å². The van der Waals surface area contributed by atoms with E-state index in [2.05, 4.69) is 16.0 Å². The lowest BCUT2D eigenvalue weighted by atomic mass is 10.1. The summed E-state index contributed by atoms with van der Waals surface area (Å²) in [5, 5.41) is 2.05. The molecule has 0 aliphatic carbocycles. The van der Waals surface area contributed by atoms with Gasteiger partial charge in [-0.15, -0.1) is 11.3 Å². The maximum atomic E-state index is 13.1. The Balaban J connectivity index is 1.79. The van der Waals surface area contributed by atoms with Crippen molar-refractivity contribution in [2.45, 2.75) is 13.0 Å². The number of benzene rings is 2. The Labute approximate surface area is 149 Å². The number of hydrogen-bond acceptors (Lipinski definition) is 3. The largest absolute Gasteiger partial charge is 0.494 e. The molecule has 2 heterocycles. The molecule has 0 unspecified atom stereocenters. The number of imidazole rings is 1. The van der Waals surface area contributed by atoms with E-state index < -0.39 is 0 Å². The van der Waals surface area contributed by atoms with E-state index in [9.17, 15) is 4.39 Å². The zero-order valence-electron chi connectivity index (χ0n) is 13.8. The van der Waals surface area contributed by atoms with E-state index in [1.807, 2.05) is 36.4 Å². The van der Waals surface area contributed by atoms with Crippen LogP contribution in [-0.4, -0.2) is 16.7 Å². The van der Waals surface area contributed by atoms with E-state index >= 15 is 0 Å². The van der Waals surface area contributed by atoms with Gasteiger partial charge in [-0.05, 0) is 47.7 Å². The highest BCUT2D eigenvalue weighted by Gasteiger charge is 2.16. The van der Waals surface area contributed by atoms with Crippen LogP contribution in [0.4, 0.5) is 4.39 Å². The summed E-state index contributed by atoms with van der Waals surface area (Å²) < 4.78 is 20.9. The summed E-state index contributed by atoms with van der Waals surface area (Å²) in [5.74, 6) is 1.54. The highest BCUT2D eigenvalue weighted by molar-refractivity contribution is 7.13. The predicted molar refractivity (Wildman–Crippen MR) is 99.7 cm³/mol. The summed E-state index contributed by atoms with van der Waals surface area (Å²) in [6.45, 7) is 0.746. The topological polar surface area (TPSA) is 27.1 Å². The zero-order valence-corrected chi connectivity index (χ0v) is 14.6. The van der Waals surface area contributed by atoms with Crippen LogP contribution >= 0.6 is 11.3 Å². The zero-order chi connectivity index (χ0) is 17.2. The monoisotopic (exact) mass is 352 g/mol. The molecule has 2 aromatic carbocycles. The number of nitrogens with zero attached hydrogens (tertiary/aromatic N) is 2. The molecule has 0 N–H and O–H groups in total. The number of ether oxygens (including phenoxy) is 1. The smallest absolute Gasteiger partial charge is 0.151 e. The molecule has 0 aliphatic heterocycles. The van der Waals surface area contributed by atoms with Crippen LogP contribution in [-0.2, 0) is 13.0 Å². The minimum Gasteiger partial charge on any atom is -0.494 e. The predicted octanol–water partition coefficient (Wildman–Crippen LogP) is 5.16. The molecular formula is C20H17FN2OS. The van der Waals surface area contributed by atoms with E-state index in [0.29, 0.717) is 0 Å². The van der Waals surface area contributed by atoms with Crippen LogP contribution in [0, 0.1) is 5.82 Å². The lowest BCUT2D eigenvalue weighted by molar-refractivity contribution is 0.417. The summed E-state index contributed by atoms with van der Waals surface area (Å²) in [7, 11) is 1.68. The minimum absolute atomic E-state index is 0.210. The molecule has 0 atom stereocenters. The third-order valence-electron chi connectivity index (χ3n) is 4.23. The Morgan fingerprint density at radius 1 is 1.08 bits per heavy atom. The Bertz CT molecular complexity index is 991. The third-order valence-corrected chi connectivity index (χ3v) is 5.09.